The summed E-state index contributed by atoms with van der Waals surface area (Å²) in [5.41, 5.74) is 6.05. The van der Waals surface area contributed by atoms with E-state index in [-0.39, 0.29) is 12.0 Å². The summed E-state index contributed by atoms with van der Waals surface area (Å²) in [6, 6.07) is 1.74. The number of carbonyl (C=O) groups excluding carboxylic acids is 1. The second-order valence-electron chi connectivity index (χ2n) is 2.96. The van der Waals surface area contributed by atoms with Crippen molar-refractivity contribution in [3.05, 3.63) is 27.9 Å². The van der Waals surface area contributed by atoms with E-state index in [0.717, 1.165) is 3.57 Å². The average Bonchev–Trinajstić information content (AvgIpc) is 2.10. The molecule has 0 aliphatic carbocycles. The molecule has 0 aliphatic rings. The Morgan fingerprint density at radius 3 is 2.25 bits per heavy atom. The minimum atomic E-state index is -0.990. The van der Waals surface area contributed by atoms with Crippen molar-refractivity contribution >= 4 is 79.6 Å². The molecule has 0 saturated carbocycles. The van der Waals surface area contributed by atoms with Crippen LogP contribution < -0.4 is 5.73 Å². The average molecular weight is 557 g/mol. The molecule has 0 aromatic heterocycles. The van der Waals surface area contributed by atoms with Crippen LogP contribution in [-0.4, -0.2) is 17.0 Å². The third-order valence-electron chi connectivity index (χ3n) is 1.83. The van der Waals surface area contributed by atoms with E-state index in [4.69, 9.17) is 10.8 Å². The van der Waals surface area contributed by atoms with Gasteiger partial charge in [0.2, 0.25) is 5.91 Å². The quantitative estimate of drug-likeness (QED) is 0.561. The van der Waals surface area contributed by atoms with Crippen molar-refractivity contribution < 1.29 is 14.7 Å². The fourth-order valence-corrected chi connectivity index (χ4v) is 5.38. The highest BCUT2D eigenvalue weighted by molar-refractivity contribution is 14.1. The maximum absolute atomic E-state index is 11.1. The number of hydrogen-bond acceptors (Lipinski definition) is 2. The predicted octanol–water partition coefficient (Wildman–Crippen LogP) is 2.23. The zero-order chi connectivity index (χ0) is 12.5. The van der Waals surface area contributed by atoms with Gasteiger partial charge in [0.25, 0.3) is 0 Å². The molecule has 0 saturated heterocycles. The number of carbonyl (C=O) groups is 2. The highest BCUT2D eigenvalue weighted by Gasteiger charge is 2.19. The predicted molar refractivity (Wildman–Crippen MR) is 84.5 cm³/mol. The fraction of sp³-hybridized carbons (Fsp3) is 0.111. The number of hydrogen-bond donors (Lipinski definition) is 2. The van der Waals surface area contributed by atoms with Gasteiger partial charge in [0.05, 0.1) is 12.0 Å². The van der Waals surface area contributed by atoms with E-state index >= 15 is 0 Å². The Kier molecular flexibility index (Phi) is 5.22. The molecular formula is C9H6I3NO3. The third kappa shape index (κ3) is 3.18. The molecule has 3 N–H and O–H groups in total. The van der Waals surface area contributed by atoms with Crippen LogP contribution in [0.3, 0.4) is 0 Å². The first-order chi connectivity index (χ1) is 7.34. The van der Waals surface area contributed by atoms with Gasteiger partial charge in [-0.2, -0.15) is 0 Å². The lowest BCUT2D eigenvalue weighted by atomic mass is 10.1. The summed E-state index contributed by atoms with van der Waals surface area (Å²) in [6.45, 7) is 0. The maximum atomic E-state index is 11.1. The summed E-state index contributed by atoms with van der Waals surface area (Å²) in [5, 5.41) is 9.07. The Morgan fingerprint density at radius 1 is 1.25 bits per heavy atom. The molecule has 1 amide bonds. The molecule has 1 aromatic rings. The topological polar surface area (TPSA) is 80.4 Å². The standard InChI is InChI=1S/C9H6I3NO3/c10-4-2-5(11)7(9(15)16)8(12)3(4)1-6(13)14/h2H,1H2,(H2,13,14)(H,15,16). The van der Waals surface area contributed by atoms with Crippen LogP contribution in [0.25, 0.3) is 0 Å². The second-order valence-corrected chi connectivity index (χ2v) is 6.36. The molecule has 7 heteroatoms. The van der Waals surface area contributed by atoms with E-state index < -0.39 is 11.9 Å². The molecular weight excluding hydrogens is 551 g/mol. The molecule has 1 aromatic carbocycles. The van der Waals surface area contributed by atoms with Crippen LogP contribution >= 0.6 is 67.8 Å². The summed E-state index contributed by atoms with van der Waals surface area (Å²) in [4.78, 5) is 22.0. The van der Waals surface area contributed by atoms with Crippen molar-refractivity contribution in [2.45, 2.75) is 6.42 Å². The molecule has 0 radical (unpaired) electrons. The van der Waals surface area contributed by atoms with Gasteiger partial charge in [0, 0.05) is 10.7 Å². The smallest absolute Gasteiger partial charge is 0.337 e. The van der Waals surface area contributed by atoms with Gasteiger partial charge in [-0.3, -0.25) is 4.79 Å². The normalized spacial score (nSPS) is 10.2. The number of aromatic carboxylic acids is 1. The first-order valence-electron chi connectivity index (χ1n) is 4.02. The highest BCUT2D eigenvalue weighted by Crippen LogP contribution is 2.28. The molecule has 86 valence electrons. The largest absolute Gasteiger partial charge is 0.478 e. The van der Waals surface area contributed by atoms with Crippen molar-refractivity contribution in [1.29, 1.82) is 0 Å². The van der Waals surface area contributed by atoms with Crippen LogP contribution in [0.1, 0.15) is 15.9 Å². The monoisotopic (exact) mass is 557 g/mol. The molecule has 0 unspecified atom stereocenters. The van der Waals surface area contributed by atoms with Crippen molar-refractivity contribution in [3.63, 3.8) is 0 Å². The SMILES string of the molecule is NC(=O)Cc1c(I)cc(I)c(C(=O)O)c1I. The number of primary amides is 1. The molecule has 0 aliphatic heterocycles. The number of carboxylic acids is 1. The number of rotatable bonds is 3. The molecule has 0 heterocycles. The summed E-state index contributed by atoms with van der Waals surface area (Å²) >= 11 is 5.99. The van der Waals surface area contributed by atoms with Gasteiger partial charge in [-0.05, 0) is 79.4 Å². The fourth-order valence-electron chi connectivity index (χ4n) is 1.16. The second kappa shape index (κ2) is 5.80. The minimum absolute atomic E-state index is 0.0632. The zero-order valence-electron chi connectivity index (χ0n) is 7.76. The van der Waals surface area contributed by atoms with E-state index in [1.54, 1.807) is 6.07 Å². The van der Waals surface area contributed by atoms with E-state index in [9.17, 15) is 9.59 Å². The van der Waals surface area contributed by atoms with Crippen molar-refractivity contribution in [3.8, 4) is 0 Å². The number of halogens is 3. The van der Waals surface area contributed by atoms with E-state index in [0.29, 0.717) is 12.7 Å². The third-order valence-corrected chi connectivity index (χ3v) is 4.83. The lowest BCUT2D eigenvalue weighted by molar-refractivity contribution is -0.117. The molecule has 0 fully saturated rings. The Hall–Kier alpha value is 0.350. The minimum Gasteiger partial charge on any atom is -0.478 e. The summed E-state index contributed by atoms with van der Waals surface area (Å²) in [6.07, 6.45) is 0.0632. The van der Waals surface area contributed by atoms with Crippen LogP contribution in [0.15, 0.2) is 6.07 Å². The molecule has 0 atom stereocenters. The van der Waals surface area contributed by atoms with Gasteiger partial charge >= 0.3 is 5.97 Å². The van der Waals surface area contributed by atoms with Crippen LogP contribution in [0.4, 0.5) is 0 Å². The van der Waals surface area contributed by atoms with E-state index in [2.05, 4.69) is 22.6 Å². The molecule has 16 heavy (non-hydrogen) atoms. The number of amides is 1. The van der Waals surface area contributed by atoms with Crippen LogP contribution in [0.5, 0.6) is 0 Å². The highest BCUT2D eigenvalue weighted by atomic mass is 127. The Balaban J connectivity index is 3.44. The summed E-state index contributed by atoms with van der Waals surface area (Å²) in [5.74, 6) is -1.45. The Labute approximate surface area is 133 Å². The molecule has 1 rings (SSSR count). The van der Waals surface area contributed by atoms with Crippen molar-refractivity contribution in [2.75, 3.05) is 0 Å². The first kappa shape index (κ1) is 14.4. The lowest BCUT2D eigenvalue weighted by Gasteiger charge is -2.10. The summed E-state index contributed by atoms with van der Waals surface area (Å²) in [7, 11) is 0. The van der Waals surface area contributed by atoms with Crippen molar-refractivity contribution in [1.82, 2.24) is 0 Å². The lowest BCUT2D eigenvalue weighted by Crippen LogP contribution is -2.17. The number of nitrogens with two attached hydrogens (primary N) is 1. The Morgan fingerprint density at radius 2 is 1.81 bits per heavy atom. The summed E-state index contributed by atoms with van der Waals surface area (Å²) < 4.78 is 2.10. The van der Waals surface area contributed by atoms with Crippen molar-refractivity contribution in [2.24, 2.45) is 5.73 Å². The van der Waals surface area contributed by atoms with E-state index in [1.165, 1.54) is 0 Å². The molecule has 0 bridgehead atoms. The van der Waals surface area contributed by atoms with Gasteiger partial charge in [0.1, 0.15) is 0 Å². The molecule has 4 nitrogen and oxygen atoms in total. The van der Waals surface area contributed by atoms with Gasteiger partial charge in [-0.15, -0.1) is 0 Å². The van der Waals surface area contributed by atoms with Crippen LogP contribution in [0.2, 0.25) is 0 Å². The van der Waals surface area contributed by atoms with Gasteiger partial charge in [-0.1, -0.05) is 0 Å². The Bertz CT molecular complexity index is 474. The van der Waals surface area contributed by atoms with Gasteiger partial charge in [-0.25, -0.2) is 4.79 Å². The number of carboxylic acid groups (broad SMARTS) is 1. The van der Waals surface area contributed by atoms with Gasteiger partial charge < -0.3 is 10.8 Å². The van der Waals surface area contributed by atoms with Crippen LogP contribution in [0, 0.1) is 10.7 Å². The number of benzene rings is 1. The first-order valence-corrected chi connectivity index (χ1v) is 7.26. The molecule has 0 spiro atoms. The van der Waals surface area contributed by atoms with Gasteiger partial charge in [0.15, 0.2) is 0 Å². The maximum Gasteiger partial charge on any atom is 0.337 e. The zero-order valence-corrected chi connectivity index (χ0v) is 14.2. The van der Waals surface area contributed by atoms with E-state index in [1.807, 2.05) is 45.2 Å². The van der Waals surface area contributed by atoms with Crippen LogP contribution in [-0.2, 0) is 11.2 Å².